The Labute approximate surface area is 189 Å². The fourth-order valence-corrected chi connectivity index (χ4v) is 4.74. The van der Waals surface area contributed by atoms with Gasteiger partial charge in [0.1, 0.15) is 5.75 Å². The molecule has 32 heavy (non-hydrogen) atoms. The summed E-state index contributed by atoms with van der Waals surface area (Å²) >= 11 is 1.19. The van der Waals surface area contributed by atoms with Crippen LogP contribution in [-0.4, -0.2) is 30.9 Å². The van der Waals surface area contributed by atoms with Gasteiger partial charge in [0.25, 0.3) is 10.0 Å². The predicted molar refractivity (Wildman–Crippen MR) is 124 cm³/mol. The van der Waals surface area contributed by atoms with Crippen molar-refractivity contribution in [3.63, 3.8) is 0 Å². The van der Waals surface area contributed by atoms with Crippen LogP contribution in [0, 0.1) is 0 Å². The van der Waals surface area contributed by atoms with E-state index in [1.165, 1.54) is 29.7 Å². The summed E-state index contributed by atoms with van der Waals surface area (Å²) in [5.41, 5.74) is 1.37. The zero-order valence-electron chi connectivity index (χ0n) is 16.9. The molecule has 2 heterocycles. The number of carbonyl (C=O) groups excluding carboxylic acids is 1. The Morgan fingerprint density at radius 2 is 1.88 bits per heavy atom. The molecule has 2 N–H and O–H groups in total. The SMILES string of the molecule is O=C(CCCOc1ccc2cccnc2c1)Nc1ccc(S(=O)(=O)Nc2nccs2)cc1. The molecular weight excluding hydrogens is 448 g/mol. The molecule has 0 unspecified atom stereocenters. The average molecular weight is 469 g/mol. The second-order valence-corrected chi connectivity index (χ2v) is 9.40. The van der Waals surface area contributed by atoms with E-state index in [0.29, 0.717) is 29.6 Å². The van der Waals surface area contributed by atoms with Gasteiger partial charge in [-0.2, -0.15) is 0 Å². The number of amides is 1. The number of sulfonamides is 1. The Kier molecular flexibility index (Phi) is 6.62. The van der Waals surface area contributed by atoms with Gasteiger partial charge in [0.05, 0.1) is 17.0 Å². The number of rotatable bonds is 9. The molecule has 0 aliphatic carbocycles. The first kappa shape index (κ1) is 21.7. The van der Waals surface area contributed by atoms with Crippen molar-refractivity contribution in [1.29, 1.82) is 0 Å². The lowest BCUT2D eigenvalue weighted by Gasteiger charge is -2.09. The van der Waals surface area contributed by atoms with E-state index in [1.807, 2.05) is 30.3 Å². The number of pyridine rings is 1. The number of aromatic nitrogens is 2. The molecule has 164 valence electrons. The Bertz CT molecular complexity index is 1310. The fourth-order valence-electron chi connectivity index (χ4n) is 2.95. The van der Waals surface area contributed by atoms with Gasteiger partial charge in [0.15, 0.2) is 5.13 Å². The molecule has 0 atom stereocenters. The number of benzene rings is 2. The summed E-state index contributed by atoms with van der Waals surface area (Å²) in [7, 11) is -3.72. The third-order valence-corrected chi connectivity index (χ3v) is 6.67. The lowest BCUT2D eigenvalue weighted by Crippen LogP contribution is -2.14. The highest BCUT2D eigenvalue weighted by atomic mass is 32.2. The highest BCUT2D eigenvalue weighted by molar-refractivity contribution is 7.93. The number of hydrogen-bond donors (Lipinski definition) is 2. The minimum Gasteiger partial charge on any atom is -0.494 e. The number of fused-ring (bicyclic) bond motifs is 1. The number of anilines is 2. The predicted octanol–water partition coefficient (Wildman–Crippen LogP) is 4.29. The summed E-state index contributed by atoms with van der Waals surface area (Å²) in [5.74, 6) is 0.532. The summed E-state index contributed by atoms with van der Waals surface area (Å²) in [4.78, 5) is 20.5. The van der Waals surface area contributed by atoms with E-state index in [0.717, 1.165) is 10.9 Å². The smallest absolute Gasteiger partial charge is 0.263 e. The molecule has 2 aromatic carbocycles. The van der Waals surface area contributed by atoms with Crippen LogP contribution in [0.2, 0.25) is 0 Å². The van der Waals surface area contributed by atoms with Crippen molar-refractivity contribution in [2.24, 2.45) is 0 Å². The van der Waals surface area contributed by atoms with Crippen molar-refractivity contribution in [2.45, 2.75) is 17.7 Å². The van der Waals surface area contributed by atoms with Crippen LogP contribution in [0.25, 0.3) is 10.9 Å². The molecule has 0 aliphatic rings. The molecule has 0 fully saturated rings. The second-order valence-electron chi connectivity index (χ2n) is 6.83. The van der Waals surface area contributed by atoms with Crippen molar-refractivity contribution < 1.29 is 17.9 Å². The quantitative estimate of drug-likeness (QED) is 0.355. The van der Waals surface area contributed by atoms with Gasteiger partial charge in [0.2, 0.25) is 5.91 Å². The van der Waals surface area contributed by atoms with Gasteiger partial charge < -0.3 is 10.1 Å². The Morgan fingerprint density at radius 1 is 1.03 bits per heavy atom. The van der Waals surface area contributed by atoms with Crippen LogP contribution >= 0.6 is 11.3 Å². The number of nitrogens with zero attached hydrogens (tertiary/aromatic N) is 2. The average Bonchev–Trinajstić information content (AvgIpc) is 3.29. The molecule has 1 amide bonds. The van der Waals surface area contributed by atoms with Gasteiger partial charge in [0, 0.05) is 41.3 Å². The molecule has 4 aromatic rings. The molecule has 0 bridgehead atoms. The maximum absolute atomic E-state index is 12.3. The van der Waals surface area contributed by atoms with Gasteiger partial charge in [-0.25, -0.2) is 13.4 Å². The standard InChI is InChI=1S/C22H20N4O4S2/c27-21(4-2-13-30-18-8-5-16-3-1-11-23-20(16)15-18)25-17-6-9-19(10-7-17)32(28,29)26-22-24-12-14-31-22/h1,3,5-12,14-15H,2,4,13H2,(H,24,26)(H,25,27). The first-order valence-corrected chi connectivity index (χ1v) is 12.2. The van der Waals surface area contributed by atoms with E-state index in [9.17, 15) is 13.2 Å². The summed E-state index contributed by atoms with van der Waals surface area (Å²) in [6.07, 6.45) is 4.06. The molecule has 4 rings (SSSR count). The van der Waals surface area contributed by atoms with Gasteiger partial charge in [-0.15, -0.1) is 11.3 Å². The molecule has 8 nitrogen and oxygen atoms in total. The van der Waals surface area contributed by atoms with Crippen molar-refractivity contribution in [3.8, 4) is 5.75 Å². The highest BCUT2D eigenvalue weighted by Gasteiger charge is 2.15. The van der Waals surface area contributed by atoms with Gasteiger partial charge in [-0.05, 0) is 48.9 Å². The third kappa shape index (κ3) is 5.59. The van der Waals surface area contributed by atoms with Crippen molar-refractivity contribution in [1.82, 2.24) is 9.97 Å². The number of hydrogen-bond acceptors (Lipinski definition) is 7. The van der Waals surface area contributed by atoms with Crippen molar-refractivity contribution >= 4 is 49.0 Å². The first-order valence-electron chi connectivity index (χ1n) is 9.79. The maximum Gasteiger partial charge on any atom is 0.263 e. The second kappa shape index (κ2) is 9.75. The van der Waals surface area contributed by atoms with E-state index in [4.69, 9.17) is 4.74 Å². The largest absolute Gasteiger partial charge is 0.494 e. The van der Waals surface area contributed by atoms with Gasteiger partial charge in [-0.3, -0.25) is 14.5 Å². The van der Waals surface area contributed by atoms with Crippen LogP contribution in [0.4, 0.5) is 10.8 Å². The number of ether oxygens (including phenoxy) is 1. The zero-order chi connectivity index (χ0) is 22.4. The van der Waals surface area contributed by atoms with Gasteiger partial charge >= 0.3 is 0 Å². The lowest BCUT2D eigenvalue weighted by molar-refractivity contribution is -0.116. The Hall–Kier alpha value is -3.50. The van der Waals surface area contributed by atoms with E-state index in [1.54, 1.807) is 23.7 Å². The molecule has 0 aliphatic heterocycles. The van der Waals surface area contributed by atoms with Crippen LogP contribution in [0.15, 0.2) is 77.3 Å². The number of thiazole rings is 1. The summed E-state index contributed by atoms with van der Waals surface area (Å²) in [6.45, 7) is 0.394. The van der Waals surface area contributed by atoms with E-state index in [-0.39, 0.29) is 17.2 Å². The van der Waals surface area contributed by atoms with Crippen LogP contribution in [-0.2, 0) is 14.8 Å². The third-order valence-electron chi connectivity index (χ3n) is 4.50. The number of carbonyl (C=O) groups is 1. The fraction of sp³-hybridized carbons (Fsp3) is 0.136. The van der Waals surface area contributed by atoms with E-state index < -0.39 is 10.0 Å². The summed E-state index contributed by atoms with van der Waals surface area (Å²) in [6, 6.07) is 15.5. The van der Waals surface area contributed by atoms with Crippen LogP contribution < -0.4 is 14.8 Å². The van der Waals surface area contributed by atoms with E-state index >= 15 is 0 Å². The van der Waals surface area contributed by atoms with Crippen LogP contribution in [0.3, 0.4) is 0 Å². The van der Waals surface area contributed by atoms with Crippen LogP contribution in [0.1, 0.15) is 12.8 Å². The highest BCUT2D eigenvalue weighted by Crippen LogP contribution is 2.20. The molecule has 10 heteroatoms. The Morgan fingerprint density at radius 3 is 2.66 bits per heavy atom. The minimum absolute atomic E-state index is 0.0870. The lowest BCUT2D eigenvalue weighted by atomic mass is 10.2. The molecular formula is C22H20N4O4S2. The molecule has 2 aromatic heterocycles. The van der Waals surface area contributed by atoms with Crippen molar-refractivity contribution in [2.75, 3.05) is 16.6 Å². The normalized spacial score (nSPS) is 11.2. The summed E-state index contributed by atoms with van der Waals surface area (Å²) in [5, 5.41) is 5.77. The first-order chi connectivity index (χ1) is 15.5. The van der Waals surface area contributed by atoms with Crippen LogP contribution in [0.5, 0.6) is 5.75 Å². The molecule has 0 spiro atoms. The minimum atomic E-state index is -3.72. The molecule has 0 saturated carbocycles. The molecule has 0 radical (unpaired) electrons. The van der Waals surface area contributed by atoms with Crippen molar-refractivity contribution in [3.05, 3.63) is 72.4 Å². The molecule has 0 saturated heterocycles. The topological polar surface area (TPSA) is 110 Å². The monoisotopic (exact) mass is 468 g/mol. The number of nitrogens with one attached hydrogen (secondary N) is 2. The Balaban J connectivity index is 1.24. The zero-order valence-corrected chi connectivity index (χ0v) is 18.5. The summed E-state index contributed by atoms with van der Waals surface area (Å²) < 4.78 is 32.8. The maximum atomic E-state index is 12.3. The van der Waals surface area contributed by atoms with Gasteiger partial charge in [-0.1, -0.05) is 6.07 Å². The van der Waals surface area contributed by atoms with E-state index in [2.05, 4.69) is 20.0 Å².